The largest absolute Gasteiger partial charge is 0.367 e. The van der Waals surface area contributed by atoms with Crippen LogP contribution in [-0.2, 0) is 9.53 Å². The summed E-state index contributed by atoms with van der Waals surface area (Å²) >= 11 is 0. The summed E-state index contributed by atoms with van der Waals surface area (Å²) in [7, 11) is 0. The predicted octanol–water partition coefficient (Wildman–Crippen LogP) is 0.951. The minimum Gasteiger partial charge on any atom is -0.367 e. The van der Waals surface area contributed by atoms with Gasteiger partial charge in [-0.3, -0.25) is 14.6 Å². The maximum absolute atomic E-state index is 12.8. The van der Waals surface area contributed by atoms with Crippen molar-refractivity contribution in [3.63, 3.8) is 0 Å². The monoisotopic (exact) mass is 299 g/mol. The number of carbonyl (C=O) groups is 2. The highest BCUT2D eigenvalue weighted by atomic mass is 16.5. The summed E-state index contributed by atoms with van der Waals surface area (Å²) < 4.78 is 5.44. The smallest absolute Gasteiger partial charge is 0.273 e. The third-order valence-corrected chi connectivity index (χ3v) is 3.96. The van der Waals surface area contributed by atoms with Crippen molar-refractivity contribution in [3.8, 4) is 0 Å². The molecule has 2 aromatic rings. The molecule has 22 heavy (non-hydrogen) atoms. The summed E-state index contributed by atoms with van der Waals surface area (Å²) in [6.07, 6.45) is 1.61. The predicted molar refractivity (Wildman–Crippen MR) is 81.2 cm³/mol. The lowest BCUT2D eigenvalue weighted by molar-refractivity contribution is -0.150. The molecule has 2 amide bonds. The van der Waals surface area contributed by atoms with Crippen molar-refractivity contribution in [3.05, 3.63) is 42.2 Å². The fourth-order valence-corrected chi connectivity index (χ4v) is 2.63. The number of morpholine rings is 1. The van der Waals surface area contributed by atoms with E-state index in [1.807, 2.05) is 30.3 Å². The summed E-state index contributed by atoms with van der Waals surface area (Å²) in [5, 5.41) is 1.74. The van der Waals surface area contributed by atoms with Gasteiger partial charge in [0.15, 0.2) is 5.60 Å². The van der Waals surface area contributed by atoms with Gasteiger partial charge in [0.25, 0.3) is 11.8 Å². The molecule has 2 heterocycles. The standard InChI is InChI=1S/C16H17N3O3/c1-16(15(17)21)10-19(8-9-22-16)14(20)13-12-5-3-2-4-11(12)6-7-18-13/h2-7H,8-10H2,1H3,(H2,17,21)/t16-/m1/s1. The topological polar surface area (TPSA) is 85.5 Å². The van der Waals surface area contributed by atoms with E-state index in [4.69, 9.17) is 10.5 Å². The molecule has 6 nitrogen and oxygen atoms in total. The van der Waals surface area contributed by atoms with E-state index in [1.165, 1.54) is 0 Å². The summed E-state index contributed by atoms with van der Waals surface area (Å²) in [4.78, 5) is 30.1. The fourth-order valence-electron chi connectivity index (χ4n) is 2.63. The Hall–Kier alpha value is -2.47. The lowest BCUT2D eigenvalue weighted by Crippen LogP contribution is -2.58. The highest BCUT2D eigenvalue weighted by Crippen LogP contribution is 2.22. The first-order chi connectivity index (χ1) is 10.5. The number of amides is 2. The van der Waals surface area contributed by atoms with Crippen LogP contribution < -0.4 is 5.73 Å². The molecule has 0 saturated carbocycles. The minimum atomic E-state index is -1.15. The van der Waals surface area contributed by atoms with E-state index in [0.29, 0.717) is 12.2 Å². The SMILES string of the molecule is C[C@]1(C(N)=O)CN(C(=O)c2nccc3ccccc23)CCO1. The number of nitrogens with zero attached hydrogens (tertiary/aromatic N) is 2. The number of carbonyl (C=O) groups excluding carboxylic acids is 2. The molecule has 1 atom stereocenters. The van der Waals surface area contributed by atoms with Crippen molar-refractivity contribution in [1.29, 1.82) is 0 Å². The molecular formula is C16H17N3O3. The molecule has 6 heteroatoms. The van der Waals surface area contributed by atoms with Gasteiger partial charge in [0.05, 0.1) is 13.2 Å². The molecule has 1 fully saturated rings. The molecule has 1 saturated heterocycles. The number of hydrogen-bond donors (Lipinski definition) is 1. The van der Waals surface area contributed by atoms with Gasteiger partial charge in [-0.15, -0.1) is 0 Å². The average Bonchev–Trinajstić information content (AvgIpc) is 2.53. The van der Waals surface area contributed by atoms with Crippen LogP contribution in [0, 0.1) is 0 Å². The molecule has 1 aromatic carbocycles. The quantitative estimate of drug-likeness (QED) is 0.894. The lowest BCUT2D eigenvalue weighted by Gasteiger charge is -2.38. The van der Waals surface area contributed by atoms with Gasteiger partial charge >= 0.3 is 0 Å². The Balaban J connectivity index is 1.94. The molecule has 1 aliphatic rings. The maximum Gasteiger partial charge on any atom is 0.273 e. The van der Waals surface area contributed by atoms with Crippen molar-refractivity contribution in [2.75, 3.05) is 19.7 Å². The number of primary amides is 1. The Bertz CT molecular complexity index is 741. The van der Waals surface area contributed by atoms with Crippen molar-refractivity contribution < 1.29 is 14.3 Å². The lowest BCUT2D eigenvalue weighted by atomic mass is 10.0. The molecule has 2 N–H and O–H groups in total. The molecule has 0 bridgehead atoms. The number of fused-ring (bicyclic) bond motifs is 1. The first-order valence-electron chi connectivity index (χ1n) is 7.08. The van der Waals surface area contributed by atoms with Gasteiger partial charge in [0, 0.05) is 18.1 Å². The number of pyridine rings is 1. The number of aromatic nitrogens is 1. The van der Waals surface area contributed by atoms with Crippen LogP contribution in [0.1, 0.15) is 17.4 Å². The third kappa shape index (κ3) is 2.42. The van der Waals surface area contributed by atoms with E-state index < -0.39 is 11.5 Å². The van der Waals surface area contributed by atoms with Crippen LogP contribution in [0.2, 0.25) is 0 Å². The van der Waals surface area contributed by atoms with Crippen LogP contribution in [0.4, 0.5) is 0 Å². The molecule has 0 radical (unpaired) electrons. The Morgan fingerprint density at radius 1 is 1.32 bits per heavy atom. The van der Waals surface area contributed by atoms with Crippen LogP contribution in [0.25, 0.3) is 10.8 Å². The van der Waals surface area contributed by atoms with Crippen molar-refractivity contribution in [2.24, 2.45) is 5.73 Å². The minimum absolute atomic E-state index is 0.131. The number of rotatable bonds is 2. The average molecular weight is 299 g/mol. The molecular weight excluding hydrogens is 282 g/mol. The van der Waals surface area contributed by atoms with E-state index in [-0.39, 0.29) is 19.1 Å². The van der Waals surface area contributed by atoms with Crippen LogP contribution in [0.3, 0.4) is 0 Å². The number of nitrogens with two attached hydrogens (primary N) is 1. The molecule has 1 aromatic heterocycles. The van der Waals surface area contributed by atoms with Crippen LogP contribution in [0.5, 0.6) is 0 Å². The Kier molecular flexibility index (Phi) is 3.54. The van der Waals surface area contributed by atoms with E-state index in [2.05, 4.69) is 4.98 Å². The summed E-state index contributed by atoms with van der Waals surface area (Å²) in [6, 6.07) is 9.44. The highest BCUT2D eigenvalue weighted by Gasteiger charge is 2.39. The van der Waals surface area contributed by atoms with E-state index in [1.54, 1.807) is 18.0 Å². The zero-order valence-electron chi connectivity index (χ0n) is 12.3. The number of ether oxygens (including phenoxy) is 1. The normalized spacial score (nSPS) is 21.8. The summed E-state index contributed by atoms with van der Waals surface area (Å²) in [5.41, 5.74) is 4.60. The molecule has 3 rings (SSSR count). The van der Waals surface area contributed by atoms with Crippen LogP contribution in [-0.4, -0.2) is 47.0 Å². The summed E-state index contributed by atoms with van der Waals surface area (Å²) in [6.45, 7) is 2.42. The van der Waals surface area contributed by atoms with Crippen molar-refractivity contribution in [2.45, 2.75) is 12.5 Å². The first kappa shape index (κ1) is 14.5. The second kappa shape index (κ2) is 5.38. The van der Waals surface area contributed by atoms with E-state index in [0.717, 1.165) is 10.8 Å². The molecule has 0 spiro atoms. The highest BCUT2D eigenvalue weighted by molar-refractivity contribution is 6.05. The first-order valence-corrected chi connectivity index (χ1v) is 7.08. The van der Waals surface area contributed by atoms with Gasteiger partial charge in [0.1, 0.15) is 5.69 Å². The Morgan fingerprint density at radius 2 is 2.09 bits per heavy atom. The molecule has 0 unspecified atom stereocenters. The maximum atomic E-state index is 12.8. The van der Waals surface area contributed by atoms with E-state index >= 15 is 0 Å². The van der Waals surface area contributed by atoms with Gasteiger partial charge in [0.2, 0.25) is 0 Å². The van der Waals surface area contributed by atoms with E-state index in [9.17, 15) is 9.59 Å². The molecule has 114 valence electrons. The third-order valence-electron chi connectivity index (χ3n) is 3.96. The fraction of sp³-hybridized carbons (Fsp3) is 0.312. The molecule has 1 aliphatic heterocycles. The van der Waals surface area contributed by atoms with Gasteiger partial charge in [-0.05, 0) is 18.4 Å². The number of hydrogen-bond acceptors (Lipinski definition) is 4. The van der Waals surface area contributed by atoms with Crippen molar-refractivity contribution >= 4 is 22.6 Å². The Labute approximate surface area is 127 Å². The van der Waals surface area contributed by atoms with Crippen LogP contribution >= 0.6 is 0 Å². The second-order valence-corrected chi connectivity index (χ2v) is 5.55. The van der Waals surface area contributed by atoms with Gasteiger partial charge in [-0.25, -0.2) is 0 Å². The number of benzene rings is 1. The van der Waals surface area contributed by atoms with Crippen LogP contribution in [0.15, 0.2) is 36.5 Å². The Morgan fingerprint density at radius 3 is 2.86 bits per heavy atom. The van der Waals surface area contributed by atoms with Gasteiger partial charge in [-0.1, -0.05) is 24.3 Å². The zero-order valence-corrected chi connectivity index (χ0v) is 12.3. The van der Waals surface area contributed by atoms with Gasteiger partial charge < -0.3 is 15.4 Å². The van der Waals surface area contributed by atoms with Gasteiger partial charge in [-0.2, -0.15) is 0 Å². The molecule has 0 aliphatic carbocycles. The second-order valence-electron chi connectivity index (χ2n) is 5.55. The van der Waals surface area contributed by atoms with Crippen molar-refractivity contribution in [1.82, 2.24) is 9.88 Å². The summed E-state index contributed by atoms with van der Waals surface area (Å²) in [5.74, 6) is -0.788. The zero-order chi connectivity index (χ0) is 15.7.